The fraction of sp³-hybridized carbons (Fsp3) is 0.586. The van der Waals surface area contributed by atoms with E-state index in [1.54, 1.807) is 11.8 Å². The van der Waals surface area contributed by atoms with Crippen molar-refractivity contribution in [3.63, 3.8) is 0 Å². The molecule has 2 saturated carbocycles. The van der Waals surface area contributed by atoms with Gasteiger partial charge in [0.1, 0.15) is 23.3 Å². The number of aromatic amines is 1. The third kappa shape index (κ3) is 4.24. The van der Waals surface area contributed by atoms with E-state index in [-0.39, 0.29) is 41.1 Å². The lowest BCUT2D eigenvalue weighted by molar-refractivity contribution is -0.131. The summed E-state index contributed by atoms with van der Waals surface area (Å²) >= 11 is 0. The number of hydrogen-bond donors (Lipinski definition) is 2. The number of ketones is 2. The molecule has 3 heterocycles. The van der Waals surface area contributed by atoms with Gasteiger partial charge in [-0.15, -0.1) is 0 Å². The van der Waals surface area contributed by atoms with Crippen LogP contribution in [0.2, 0.25) is 0 Å². The Kier molecular flexibility index (Phi) is 6.29. The molecule has 2 aromatic rings. The lowest BCUT2D eigenvalue weighted by Gasteiger charge is -2.29. The van der Waals surface area contributed by atoms with Gasteiger partial charge in [0.2, 0.25) is 5.91 Å². The summed E-state index contributed by atoms with van der Waals surface area (Å²) in [5, 5.41) is 3.90. The molecule has 37 heavy (non-hydrogen) atoms. The molecule has 4 aliphatic rings. The number of ether oxygens (including phenoxy) is 1. The zero-order chi connectivity index (χ0) is 25.7. The Labute approximate surface area is 216 Å². The fourth-order valence-corrected chi connectivity index (χ4v) is 7.17. The van der Waals surface area contributed by atoms with Crippen LogP contribution in [-0.4, -0.2) is 58.5 Å². The van der Waals surface area contributed by atoms with Gasteiger partial charge in [-0.05, 0) is 61.6 Å². The smallest absolute Gasteiger partial charge is 0.271 e. The van der Waals surface area contributed by atoms with Crippen LogP contribution in [0.4, 0.5) is 0 Å². The van der Waals surface area contributed by atoms with Crippen LogP contribution < -0.4 is 10.1 Å². The first-order valence-electron chi connectivity index (χ1n) is 13.9. The Bertz CT molecular complexity index is 1270. The number of benzene rings is 1. The van der Waals surface area contributed by atoms with Crippen LogP contribution in [0.5, 0.6) is 5.75 Å². The predicted molar refractivity (Wildman–Crippen MR) is 137 cm³/mol. The van der Waals surface area contributed by atoms with E-state index in [1.165, 1.54) is 0 Å². The summed E-state index contributed by atoms with van der Waals surface area (Å²) in [4.78, 5) is 57.6. The van der Waals surface area contributed by atoms with E-state index in [4.69, 9.17) is 4.74 Å². The maximum Gasteiger partial charge on any atom is 0.271 e. The van der Waals surface area contributed by atoms with Crippen molar-refractivity contribution in [1.82, 2.24) is 15.2 Å². The first-order chi connectivity index (χ1) is 17.9. The molecule has 5 atom stereocenters. The average Bonchev–Trinajstić information content (AvgIpc) is 3.70. The molecule has 0 radical (unpaired) electrons. The van der Waals surface area contributed by atoms with Gasteiger partial charge in [0.25, 0.3) is 5.91 Å². The van der Waals surface area contributed by atoms with Crippen molar-refractivity contribution in [3.8, 4) is 5.75 Å². The van der Waals surface area contributed by atoms with Crippen LogP contribution in [0.3, 0.4) is 0 Å². The molecule has 8 nitrogen and oxygen atoms in total. The SMILES string of the molecule is CCC(=O)C(CC1CCCC1=O)NC(=O)C1C2CCCC2CN1C(=O)c1cc2c3c(ccc2[nH]1)CCO3. The Hall–Kier alpha value is -3.16. The highest BCUT2D eigenvalue weighted by atomic mass is 16.5. The maximum absolute atomic E-state index is 13.8. The molecule has 8 heteroatoms. The monoisotopic (exact) mass is 505 g/mol. The van der Waals surface area contributed by atoms with Gasteiger partial charge < -0.3 is 19.9 Å². The van der Waals surface area contributed by atoms with Crippen molar-refractivity contribution in [2.45, 2.75) is 76.8 Å². The second-order valence-corrected chi connectivity index (χ2v) is 11.2. The normalized spacial score (nSPS) is 27.3. The molecular weight excluding hydrogens is 470 g/mol. The lowest BCUT2D eigenvalue weighted by atomic mass is 9.91. The van der Waals surface area contributed by atoms with Crippen molar-refractivity contribution in [3.05, 3.63) is 29.5 Å². The third-order valence-electron chi connectivity index (χ3n) is 9.11. The highest BCUT2D eigenvalue weighted by Crippen LogP contribution is 2.43. The van der Waals surface area contributed by atoms with Crippen molar-refractivity contribution >= 4 is 34.3 Å². The number of carbonyl (C=O) groups is 4. The van der Waals surface area contributed by atoms with E-state index in [9.17, 15) is 19.2 Å². The number of aromatic nitrogens is 1. The zero-order valence-electron chi connectivity index (χ0n) is 21.4. The third-order valence-corrected chi connectivity index (χ3v) is 9.11. The molecular formula is C29H35N3O5. The molecule has 196 valence electrons. The number of nitrogens with one attached hydrogen (secondary N) is 2. The number of H-pyrrole nitrogens is 1. The number of rotatable bonds is 7. The molecule has 2 amide bonds. The fourth-order valence-electron chi connectivity index (χ4n) is 7.17. The summed E-state index contributed by atoms with van der Waals surface area (Å²) in [6.07, 6.45) is 6.64. The average molecular weight is 506 g/mol. The summed E-state index contributed by atoms with van der Waals surface area (Å²) in [5.74, 6) is 0.712. The molecule has 2 aliphatic heterocycles. The first-order valence-corrected chi connectivity index (χ1v) is 13.9. The molecule has 0 spiro atoms. The van der Waals surface area contributed by atoms with Gasteiger partial charge in [0, 0.05) is 42.6 Å². The Morgan fingerprint density at radius 3 is 2.81 bits per heavy atom. The zero-order valence-corrected chi connectivity index (χ0v) is 21.4. The highest BCUT2D eigenvalue weighted by Gasteiger charge is 2.50. The Morgan fingerprint density at radius 2 is 2.03 bits per heavy atom. The van der Waals surface area contributed by atoms with Crippen LogP contribution in [0, 0.1) is 17.8 Å². The quantitative estimate of drug-likeness (QED) is 0.598. The van der Waals surface area contributed by atoms with Crippen molar-refractivity contribution < 1.29 is 23.9 Å². The lowest BCUT2D eigenvalue weighted by Crippen LogP contribution is -2.53. The van der Waals surface area contributed by atoms with E-state index in [0.717, 1.165) is 60.7 Å². The molecule has 3 fully saturated rings. The van der Waals surface area contributed by atoms with Gasteiger partial charge in [-0.25, -0.2) is 0 Å². The minimum atomic E-state index is -0.685. The van der Waals surface area contributed by atoms with Crippen molar-refractivity contribution in [1.29, 1.82) is 0 Å². The van der Waals surface area contributed by atoms with Gasteiger partial charge in [-0.1, -0.05) is 19.4 Å². The van der Waals surface area contributed by atoms with Gasteiger partial charge in [-0.3, -0.25) is 19.2 Å². The van der Waals surface area contributed by atoms with Gasteiger partial charge in [0.15, 0.2) is 5.78 Å². The van der Waals surface area contributed by atoms with Crippen molar-refractivity contribution in [2.24, 2.45) is 17.8 Å². The van der Waals surface area contributed by atoms with E-state index >= 15 is 0 Å². The highest BCUT2D eigenvalue weighted by molar-refractivity contribution is 6.02. The maximum atomic E-state index is 13.8. The summed E-state index contributed by atoms with van der Waals surface area (Å²) in [7, 11) is 0. The minimum absolute atomic E-state index is 0.0589. The van der Waals surface area contributed by atoms with E-state index in [1.807, 2.05) is 18.2 Å². The van der Waals surface area contributed by atoms with Gasteiger partial charge >= 0.3 is 0 Å². The summed E-state index contributed by atoms with van der Waals surface area (Å²) in [6.45, 7) is 2.97. The Balaban J connectivity index is 1.26. The summed E-state index contributed by atoms with van der Waals surface area (Å²) < 4.78 is 5.82. The van der Waals surface area contributed by atoms with E-state index < -0.39 is 12.1 Å². The van der Waals surface area contributed by atoms with E-state index in [2.05, 4.69) is 10.3 Å². The molecule has 0 bridgehead atoms. The molecule has 1 aromatic carbocycles. The molecule has 2 N–H and O–H groups in total. The molecule has 2 aliphatic carbocycles. The molecule has 1 saturated heterocycles. The predicted octanol–water partition coefficient (Wildman–Crippen LogP) is 3.57. The largest absolute Gasteiger partial charge is 0.492 e. The number of Topliss-reactive ketones (excluding diaryl/α,β-unsaturated/α-hetero) is 2. The van der Waals surface area contributed by atoms with Crippen LogP contribution in [0.25, 0.3) is 10.9 Å². The van der Waals surface area contributed by atoms with Crippen LogP contribution in [0.1, 0.15) is 74.3 Å². The van der Waals surface area contributed by atoms with Crippen molar-refractivity contribution in [2.75, 3.05) is 13.2 Å². The summed E-state index contributed by atoms with van der Waals surface area (Å²) in [5.41, 5.74) is 2.44. The summed E-state index contributed by atoms with van der Waals surface area (Å²) in [6, 6.07) is 4.56. The number of hydrogen-bond acceptors (Lipinski definition) is 5. The van der Waals surface area contributed by atoms with Crippen LogP contribution in [0.15, 0.2) is 18.2 Å². The number of carbonyl (C=O) groups excluding carboxylic acids is 4. The molecule has 6 rings (SSSR count). The molecule has 1 aromatic heterocycles. The number of amides is 2. The standard InChI is InChI=1S/C29H35N3O5/c1-2-24(33)22(13-17-5-4-8-25(17)34)31-28(35)26-19-7-3-6-18(19)15-32(26)29(36)23-14-20-21(30-23)10-9-16-11-12-37-27(16)20/h9-10,14,17-19,22,26,30H,2-8,11-13,15H2,1H3,(H,31,35). The van der Waals surface area contributed by atoms with E-state index in [0.29, 0.717) is 38.1 Å². The molecule has 5 unspecified atom stereocenters. The first kappa shape index (κ1) is 24.2. The number of nitrogens with zero attached hydrogens (tertiary/aromatic N) is 1. The second-order valence-electron chi connectivity index (χ2n) is 11.2. The van der Waals surface area contributed by atoms with Crippen LogP contribution in [-0.2, 0) is 20.8 Å². The minimum Gasteiger partial charge on any atom is -0.492 e. The number of likely N-dealkylation sites (tertiary alicyclic amines) is 1. The van der Waals surface area contributed by atoms with Gasteiger partial charge in [0.05, 0.1) is 12.6 Å². The number of fused-ring (bicyclic) bond motifs is 4. The topological polar surface area (TPSA) is 109 Å². The van der Waals surface area contributed by atoms with Crippen LogP contribution >= 0.6 is 0 Å². The Morgan fingerprint density at radius 1 is 1.16 bits per heavy atom. The second kappa shape index (κ2) is 9.62. The van der Waals surface area contributed by atoms with Gasteiger partial charge in [-0.2, -0.15) is 0 Å².